The van der Waals surface area contributed by atoms with Crippen LogP contribution in [0.25, 0.3) is 0 Å². The normalized spacial score (nSPS) is 13.1. The molecule has 0 radical (unpaired) electrons. The standard InChI is InChI=1S/C15H17F5O/c1-8(2)10-5-11(9(3)4)7-12(6-10)13(21)14(16,17)15(18,19)20/h5-9H,1-4H3. The van der Waals surface area contributed by atoms with E-state index in [-0.39, 0.29) is 11.8 Å². The second-order valence-electron chi connectivity index (χ2n) is 5.60. The molecule has 1 nitrogen and oxygen atoms in total. The lowest BCUT2D eigenvalue weighted by Crippen LogP contribution is -2.44. The molecular weight excluding hydrogens is 291 g/mol. The van der Waals surface area contributed by atoms with Crippen LogP contribution in [0.4, 0.5) is 22.0 Å². The Labute approximate surface area is 120 Å². The number of hydrogen-bond acceptors (Lipinski definition) is 1. The Morgan fingerprint density at radius 2 is 1.24 bits per heavy atom. The largest absolute Gasteiger partial charge is 0.461 e. The van der Waals surface area contributed by atoms with Gasteiger partial charge in [0.05, 0.1) is 0 Å². The van der Waals surface area contributed by atoms with Crippen molar-refractivity contribution in [2.45, 2.75) is 51.6 Å². The van der Waals surface area contributed by atoms with Crippen LogP contribution >= 0.6 is 0 Å². The van der Waals surface area contributed by atoms with Gasteiger partial charge in [-0.15, -0.1) is 0 Å². The highest BCUT2D eigenvalue weighted by atomic mass is 19.4. The summed E-state index contributed by atoms with van der Waals surface area (Å²) in [6.45, 7) is 7.09. The molecule has 0 aliphatic heterocycles. The van der Waals surface area contributed by atoms with E-state index in [0.717, 1.165) is 12.1 Å². The second-order valence-corrected chi connectivity index (χ2v) is 5.60. The lowest BCUT2D eigenvalue weighted by Gasteiger charge is -2.20. The molecule has 0 aliphatic carbocycles. The van der Waals surface area contributed by atoms with Gasteiger partial charge in [-0.3, -0.25) is 4.79 Å². The minimum atomic E-state index is -5.89. The fourth-order valence-corrected chi connectivity index (χ4v) is 1.78. The Bertz CT molecular complexity index is 503. The Hall–Kier alpha value is -1.46. The highest BCUT2D eigenvalue weighted by Gasteiger charge is 2.63. The van der Waals surface area contributed by atoms with Crippen LogP contribution < -0.4 is 0 Å². The van der Waals surface area contributed by atoms with Crippen LogP contribution in [0.15, 0.2) is 18.2 Å². The van der Waals surface area contributed by atoms with E-state index in [1.165, 1.54) is 0 Å². The molecule has 0 fully saturated rings. The van der Waals surface area contributed by atoms with E-state index in [1.807, 2.05) is 0 Å². The fraction of sp³-hybridized carbons (Fsp3) is 0.533. The maximum absolute atomic E-state index is 13.2. The van der Waals surface area contributed by atoms with Gasteiger partial charge in [0.25, 0.3) is 0 Å². The fourth-order valence-electron chi connectivity index (χ4n) is 1.78. The van der Waals surface area contributed by atoms with Crippen LogP contribution in [-0.4, -0.2) is 17.9 Å². The van der Waals surface area contributed by atoms with Crippen molar-refractivity contribution in [3.05, 3.63) is 34.9 Å². The molecule has 0 amide bonds. The van der Waals surface area contributed by atoms with Crippen molar-refractivity contribution in [1.29, 1.82) is 0 Å². The summed E-state index contributed by atoms with van der Waals surface area (Å²) < 4.78 is 63.4. The number of halogens is 5. The minimum absolute atomic E-state index is 0.0882. The first-order valence-corrected chi connectivity index (χ1v) is 6.52. The van der Waals surface area contributed by atoms with Gasteiger partial charge in [0, 0.05) is 5.56 Å². The summed E-state index contributed by atoms with van der Waals surface area (Å²) in [5.74, 6) is -7.76. The summed E-state index contributed by atoms with van der Waals surface area (Å²) in [5.41, 5.74) is 0.511. The summed E-state index contributed by atoms with van der Waals surface area (Å²) in [4.78, 5) is 11.6. The molecule has 1 aromatic carbocycles. The van der Waals surface area contributed by atoms with E-state index in [9.17, 15) is 26.7 Å². The van der Waals surface area contributed by atoms with E-state index in [2.05, 4.69) is 0 Å². The smallest absolute Gasteiger partial charge is 0.287 e. The monoisotopic (exact) mass is 308 g/mol. The number of rotatable bonds is 4. The SMILES string of the molecule is CC(C)c1cc(C(=O)C(F)(F)C(F)(F)F)cc(C(C)C)c1. The summed E-state index contributed by atoms with van der Waals surface area (Å²) in [7, 11) is 0. The minimum Gasteiger partial charge on any atom is -0.287 e. The average Bonchev–Trinajstić information content (AvgIpc) is 2.35. The Kier molecular flexibility index (Phi) is 4.80. The van der Waals surface area contributed by atoms with Gasteiger partial charge < -0.3 is 0 Å². The Morgan fingerprint density at radius 1 is 0.857 bits per heavy atom. The molecule has 0 saturated heterocycles. The van der Waals surface area contributed by atoms with Crippen molar-refractivity contribution in [2.75, 3.05) is 0 Å². The topological polar surface area (TPSA) is 17.1 Å². The van der Waals surface area contributed by atoms with E-state index in [4.69, 9.17) is 0 Å². The summed E-state index contributed by atoms with van der Waals surface area (Å²) in [6.07, 6.45) is -5.89. The van der Waals surface area contributed by atoms with E-state index in [1.54, 1.807) is 33.8 Å². The maximum atomic E-state index is 13.2. The highest BCUT2D eigenvalue weighted by molar-refractivity contribution is 6.02. The van der Waals surface area contributed by atoms with Crippen LogP contribution in [0.1, 0.15) is 61.0 Å². The molecule has 0 N–H and O–H groups in total. The van der Waals surface area contributed by atoms with Crippen LogP contribution in [0.5, 0.6) is 0 Å². The van der Waals surface area contributed by atoms with Crippen molar-refractivity contribution in [3.63, 3.8) is 0 Å². The predicted octanol–water partition coefficient (Wildman–Crippen LogP) is 5.31. The van der Waals surface area contributed by atoms with E-state index < -0.39 is 23.4 Å². The number of benzene rings is 1. The number of carbonyl (C=O) groups is 1. The third kappa shape index (κ3) is 3.60. The second kappa shape index (κ2) is 5.73. The molecule has 118 valence electrons. The zero-order chi connectivity index (χ0) is 16.6. The molecule has 0 saturated carbocycles. The van der Waals surface area contributed by atoms with Gasteiger partial charge in [0.15, 0.2) is 0 Å². The molecule has 0 unspecified atom stereocenters. The molecule has 0 atom stereocenters. The number of alkyl halides is 5. The van der Waals surface area contributed by atoms with Gasteiger partial charge in [0.2, 0.25) is 5.78 Å². The molecule has 6 heteroatoms. The van der Waals surface area contributed by atoms with Crippen LogP contribution in [0, 0.1) is 0 Å². The summed E-state index contributed by atoms with van der Waals surface area (Å²) in [5, 5.41) is 0. The third-order valence-corrected chi connectivity index (χ3v) is 3.21. The molecule has 1 aromatic rings. The molecule has 1 rings (SSSR count). The first-order valence-electron chi connectivity index (χ1n) is 6.52. The van der Waals surface area contributed by atoms with Crippen molar-refractivity contribution in [1.82, 2.24) is 0 Å². The molecule has 0 aliphatic rings. The summed E-state index contributed by atoms with van der Waals surface area (Å²) in [6, 6.07) is 3.94. The summed E-state index contributed by atoms with van der Waals surface area (Å²) >= 11 is 0. The van der Waals surface area contributed by atoms with Gasteiger partial charge in [0.1, 0.15) is 0 Å². The van der Waals surface area contributed by atoms with Gasteiger partial charge >= 0.3 is 12.1 Å². The van der Waals surface area contributed by atoms with E-state index >= 15 is 0 Å². The molecule has 21 heavy (non-hydrogen) atoms. The molecule has 0 heterocycles. The van der Waals surface area contributed by atoms with Crippen LogP contribution in [0.3, 0.4) is 0 Å². The van der Waals surface area contributed by atoms with Crippen molar-refractivity contribution >= 4 is 5.78 Å². The quantitative estimate of drug-likeness (QED) is 0.544. The number of carbonyl (C=O) groups excluding carboxylic acids is 1. The van der Waals surface area contributed by atoms with Gasteiger partial charge in [-0.25, -0.2) is 0 Å². The van der Waals surface area contributed by atoms with Crippen molar-refractivity contribution < 1.29 is 26.7 Å². The van der Waals surface area contributed by atoms with Crippen LogP contribution in [0.2, 0.25) is 0 Å². The number of ketones is 1. The first-order chi connectivity index (χ1) is 9.37. The van der Waals surface area contributed by atoms with Gasteiger partial charge in [-0.2, -0.15) is 22.0 Å². The van der Waals surface area contributed by atoms with E-state index in [0.29, 0.717) is 11.1 Å². The van der Waals surface area contributed by atoms with Crippen molar-refractivity contribution in [3.8, 4) is 0 Å². The molecule has 0 spiro atoms. The predicted molar refractivity (Wildman–Crippen MR) is 70.0 cm³/mol. The lowest BCUT2D eigenvalue weighted by molar-refractivity contribution is -0.255. The Balaban J connectivity index is 3.39. The lowest BCUT2D eigenvalue weighted by atomic mass is 9.91. The molecule has 0 bridgehead atoms. The number of hydrogen-bond donors (Lipinski definition) is 0. The maximum Gasteiger partial charge on any atom is 0.461 e. The van der Waals surface area contributed by atoms with Gasteiger partial charge in [-0.1, -0.05) is 33.8 Å². The first kappa shape index (κ1) is 17.6. The average molecular weight is 308 g/mol. The van der Waals surface area contributed by atoms with Crippen molar-refractivity contribution in [2.24, 2.45) is 0 Å². The molecular formula is C15H17F5O. The zero-order valence-electron chi connectivity index (χ0n) is 12.2. The molecule has 0 aromatic heterocycles. The third-order valence-electron chi connectivity index (χ3n) is 3.21. The van der Waals surface area contributed by atoms with Gasteiger partial charge in [-0.05, 0) is 35.1 Å². The highest BCUT2D eigenvalue weighted by Crippen LogP contribution is 2.38. The van der Waals surface area contributed by atoms with Crippen LogP contribution in [-0.2, 0) is 0 Å². The Morgan fingerprint density at radius 3 is 1.52 bits per heavy atom. The number of Topliss-reactive ketones (excluding diaryl/α,β-unsaturated/α-hetero) is 1. The zero-order valence-corrected chi connectivity index (χ0v) is 12.2.